The number of nitrogens with zero attached hydrogens (tertiary/aromatic N) is 3. The Morgan fingerprint density at radius 2 is 2.17 bits per heavy atom. The van der Waals surface area contributed by atoms with Crippen molar-refractivity contribution in [3.63, 3.8) is 0 Å². The van der Waals surface area contributed by atoms with Gasteiger partial charge in [0.05, 0.1) is 19.3 Å². The summed E-state index contributed by atoms with van der Waals surface area (Å²) in [5.41, 5.74) is 0. The summed E-state index contributed by atoms with van der Waals surface area (Å²) in [5, 5.41) is 0. The predicted molar refractivity (Wildman–Crippen MR) is 79.8 cm³/mol. The van der Waals surface area contributed by atoms with Crippen LogP contribution >= 0.6 is 0 Å². The van der Waals surface area contributed by atoms with Gasteiger partial charge < -0.3 is 14.1 Å². The maximum absolute atomic E-state index is 13.8. The van der Waals surface area contributed by atoms with Crippen LogP contribution in [0.3, 0.4) is 0 Å². The number of aromatic nitrogens is 1. The zero-order valence-electron chi connectivity index (χ0n) is 13.4. The Morgan fingerprint density at radius 1 is 1.38 bits per heavy atom. The molecule has 0 N–H and O–H groups in total. The van der Waals surface area contributed by atoms with Crippen LogP contribution in [0.25, 0.3) is 0 Å². The molecule has 1 amide bonds. The van der Waals surface area contributed by atoms with Gasteiger partial charge in [0.15, 0.2) is 6.39 Å². The standard InChI is InChI=1S/C16H21F2N3O3/c17-16(18)3-12(8-23-7-11-1-2-11)21(9-16)13-5-20(6-13)15(22)14-4-19-10-24-14/h4,10-13H,1-3,5-9H2. The Balaban J connectivity index is 1.31. The van der Waals surface area contributed by atoms with Crippen molar-refractivity contribution < 1.29 is 22.7 Å². The zero-order valence-corrected chi connectivity index (χ0v) is 13.4. The van der Waals surface area contributed by atoms with Gasteiger partial charge in [-0.3, -0.25) is 9.69 Å². The van der Waals surface area contributed by atoms with Gasteiger partial charge in [0.25, 0.3) is 11.8 Å². The smallest absolute Gasteiger partial charge is 0.291 e. The fraction of sp³-hybridized carbons (Fsp3) is 0.750. The van der Waals surface area contributed by atoms with E-state index in [9.17, 15) is 13.6 Å². The average Bonchev–Trinajstić information content (AvgIpc) is 3.03. The summed E-state index contributed by atoms with van der Waals surface area (Å²) in [4.78, 5) is 19.3. The number of rotatable bonds is 6. The molecule has 132 valence electrons. The highest BCUT2D eigenvalue weighted by Gasteiger charge is 2.50. The van der Waals surface area contributed by atoms with Crippen LogP contribution in [-0.4, -0.2) is 71.5 Å². The molecule has 2 aliphatic heterocycles. The molecule has 3 fully saturated rings. The topological polar surface area (TPSA) is 58.8 Å². The van der Waals surface area contributed by atoms with Crippen LogP contribution < -0.4 is 0 Å². The summed E-state index contributed by atoms with van der Waals surface area (Å²) in [6.07, 6.45) is 4.79. The minimum absolute atomic E-state index is 0.0419. The first-order chi connectivity index (χ1) is 11.5. The van der Waals surface area contributed by atoms with Crippen LogP contribution in [0.2, 0.25) is 0 Å². The largest absolute Gasteiger partial charge is 0.438 e. The Kier molecular flexibility index (Phi) is 4.04. The number of alkyl halides is 2. The van der Waals surface area contributed by atoms with E-state index < -0.39 is 5.92 Å². The monoisotopic (exact) mass is 341 g/mol. The van der Waals surface area contributed by atoms with Gasteiger partial charge in [-0.05, 0) is 18.8 Å². The number of amides is 1. The summed E-state index contributed by atoms with van der Waals surface area (Å²) in [7, 11) is 0. The van der Waals surface area contributed by atoms with E-state index in [-0.39, 0.29) is 36.7 Å². The van der Waals surface area contributed by atoms with Crippen molar-refractivity contribution in [1.82, 2.24) is 14.8 Å². The molecule has 6 nitrogen and oxygen atoms in total. The van der Waals surface area contributed by atoms with E-state index in [1.807, 2.05) is 4.90 Å². The lowest BCUT2D eigenvalue weighted by atomic mass is 10.1. The number of halogens is 2. The van der Waals surface area contributed by atoms with Gasteiger partial charge in [-0.1, -0.05) is 0 Å². The number of ether oxygens (including phenoxy) is 1. The fourth-order valence-corrected chi connectivity index (χ4v) is 3.47. The minimum Gasteiger partial charge on any atom is -0.438 e. The van der Waals surface area contributed by atoms with Gasteiger partial charge in [-0.25, -0.2) is 13.8 Å². The van der Waals surface area contributed by atoms with Crippen LogP contribution in [0, 0.1) is 5.92 Å². The van der Waals surface area contributed by atoms with Crippen LogP contribution in [0.5, 0.6) is 0 Å². The van der Waals surface area contributed by atoms with Crippen molar-refractivity contribution in [1.29, 1.82) is 0 Å². The highest BCUT2D eigenvalue weighted by atomic mass is 19.3. The third-order valence-electron chi connectivity index (χ3n) is 5.04. The minimum atomic E-state index is -2.68. The second-order valence-electron chi connectivity index (χ2n) is 7.10. The van der Waals surface area contributed by atoms with Crippen molar-refractivity contribution in [3.05, 3.63) is 18.4 Å². The van der Waals surface area contributed by atoms with Gasteiger partial charge in [0.2, 0.25) is 5.76 Å². The molecule has 4 rings (SSSR count). The molecule has 0 bridgehead atoms. The Morgan fingerprint density at radius 3 is 2.83 bits per heavy atom. The molecule has 3 aliphatic rings. The lowest BCUT2D eigenvalue weighted by Gasteiger charge is -2.45. The molecule has 3 heterocycles. The van der Waals surface area contributed by atoms with Crippen LogP contribution in [0.15, 0.2) is 17.0 Å². The number of likely N-dealkylation sites (tertiary alicyclic amines) is 2. The maximum atomic E-state index is 13.8. The third kappa shape index (κ3) is 3.30. The van der Waals surface area contributed by atoms with Crippen LogP contribution in [0.1, 0.15) is 29.8 Å². The summed E-state index contributed by atoms with van der Waals surface area (Å²) in [5.74, 6) is -2.11. The van der Waals surface area contributed by atoms with Crippen molar-refractivity contribution in [2.75, 3.05) is 32.8 Å². The number of carbonyl (C=O) groups is 1. The van der Waals surface area contributed by atoms with Crippen molar-refractivity contribution in [2.24, 2.45) is 5.92 Å². The number of carbonyl (C=O) groups excluding carboxylic acids is 1. The first kappa shape index (κ1) is 16.0. The third-order valence-corrected chi connectivity index (χ3v) is 5.04. The fourth-order valence-electron chi connectivity index (χ4n) is 3.47. The normalized spacial score (nSPS) is 27.4. The first-order valence-electron chi connectivity index (χ1n) is 8.41. The number of hydrogen-bond acceptors (Lipinski definition) is 5. The SMILES string of the molecule is O=C(c1cnco1)N1CC(N2CC(F)(F)CC2COCC2CC2)C1. The van der Waals surface area contributed by atoms with Crippen molar-refractivity contribution in [2.45, 2.75) is 37.3 Å². The first-order valence-corrected chi connectivity index (χ1v) is 8.41. The Hall–Kier alpha value is -1.54. The molecule has 2 saturated heterocycles. The molecule has 1 atom stereocenters. The van der Waals surface area contributed by atoms with Gasteiger partial charge >= 0.3 is 0 Å². The summed E-state index contributed by atoms with van der Waals surface area (Å²) in [6.45, 7) is 1.65. The quantitative estimate of drug-likeness (QED) is 0.787. The van der Waals surface area contributed by atoms with E-state index in [2.05, 4.69) is 4.98 Å². The highest BCUT2D eigenvalue weighted by Crippen LogP contribution is 2.36. The van der Waals surface area contributed by atoms with E-state index in [0.29, 0.717) is 32.2 Å². The molecule has 8 heteroatoms. The van der Waals surface area contributed by atoms with E-state index in [1.165, 1.54) is 25.4 Å². The van der Waals surface area contributed by atoms with Crippen LogP contribution in [-0.2, 0) is 4.74 Å². The summed E-state index contributed by atoms with van der Waals surface area (Å²) >= 11 is 0. The van der Waals surface area contributed by atoms with Gasteiger partial charge in [-0.15, -0.1) is 0 Å². The van der Waals surface area contributed by atoms with Gasteiger partial charge in [-0.2, -0.15) is 0 Å². The van der Waals surface area contributed by atoms with Gasteiger partial charge in [0.1, 0.15) is 0 Å². The molecular weight excluding hydrogens is 320 g/mol. The molecule has 1 aromatic rings. The Labute approximate surface area is 138 Å². The molecule has 1 saturated carbocycles. The average molecular weight is 341 g/mol. The van der Waals surface area contributed by atoms with E-state index in [0.717, 1.165) is 0 Å². The van der Waals surface area contributed by atoms with E-state index in [4.69, 9.17) is 9.15 Å². The molecular formula is C16H21F2N3O3. The highest BCUT2D eigenvalue weighted by molar-refractivity contribution is 5.91. The van der Waals surface area contributed by atoms with Crippen molar-refractivity contribution >= 4 is 5.91 Å². The Bertz CT molecular complexity index is 585. The lowest BCUT2D eigenvalue weighted by Crippen LogP contribution is -2.62. The number of hydrogen-bond donors (Lipinski definition) is 0. The molecule has 0 spiro atoms. The van der Waals surface area contributed by atoms with Gasteiger partial charge in [0, 0.05) is 38.2 Å². The second kappa shape index (κ2) is 6.07. The predicted octanol–water partition coefficient (Wildman–Crippen LogP) is 1.64. The maximum Gasteiger partial charge on any atom is 0.291 e. The molecule has 1 aliphatic carbocycles. The molecule has 24 heavy (non-hydrogen) atoms. The van der Waals surface area contributed by atoms with E-state index >= 15 is 0 Å². The second-order valence-corrected chi connectivity index (χ2v) is 7.10. The molecule has 0 radical (unpaired) electrons. The zero-order chi connectivity index (χ0) is 16.7. The van der Waals surface area contributed by atoms with Crippen LogP contribution in [0.4, 0.5) is 8.78 Å². The summed E-state index contributed by atoms with van der Waals surface area (Å²) in [6, 6.07) is -0.314. The van der Waals surface area contributed by atoms with E-state index in [1.54, 1.807) is 4.90 Å². The summed E-state index contributed by atoms with van der Waals surface area (Å²) < 4.78 is 38.3. The molecule has 1 unspecified atom stereocenters. The number of oxazole rings is 1. The molecule has 0 aromatic carbocycles. The van der Waals surface area contributed by atoms with Crippen molar-refractivity contribution in [3.8, 4) is 0 Å². The lowest BCUT2D eigenvalue weighted by molar-refractivity contribution is -0.0164. The molecule has 1 aromatic heterocycles.